The van der Waals surface area contributed by atoms with Gasteiger partial charge in [0.25, 0.3) is 11.8 Å². The fourth-order valence-electron chi connectivity index (χ4n) is 6.67. The number of benzene rings is 2. The Balaban J connectivity index is 1.04. The number of carboxylic acids is 1. The van der Waals surface area contributed by atoms with E-state index in [2.05, 4.69) is 28.6 Å². The van der Waals surface area contributed by atoms with Crippen molar-refractivity contribution in [1.82, 2.24) is 10.2 Å². The molecule has 3 fully saturated rings. The molecular weight excluding hydrogens is 564 g/mol. The number of ether oxygens (including phenoxy) is 1. The first kappa shape index (κ1) is 29.5. The van der Waals surface area contributed by atoms with Crippen molar-refractivity contribution in [3.8, 4) is 5.75 Å². The highest BCUT2D eigenvalue weighted by molar-refractivity contribution is 6.23. The smallest absolute Gasteiger partial charge is 0.335 e. The highest BCUT2D eigenvalue weighted by Gasteiger charge is 2.45. The van der Waals surface area contributed by atoms with E-state index in [1.54, 1.807) is 30.3 Å². The van der Waals surface area contributed by atoms with Gasteiger partial charge < -0.3 is 14.7 Å². The Kier molecular flexibility index (Phi) is 7.96. The molecule has 1 saturated carbocycles. The van der Waals surface area contributed by atoms with Crippen LogP contribution in [0.2, 0.25) is 0 Å². The summed E-state index contributed by atoms with van der Waals surface area (Å²) in [5.41, 5.74) is 3.17. The van der Waals surface area contributed by atoms with Gasteiger partial charge in [0.05, 0.1) is 29.5 Å². The Bertz CT molecular complexity index is 1550. The van der Waals surface area contributed by atoms with Gasteiger partial charge in [0, 0.05) is 31.1 Å². The van der Waals surface area contributed by atoms with Gasteiger partial charge in [-0.05, 0) is 75.6 Å². The molecule has 11 nitrogen and oxygen atoms in total. The fraction of sp³-hybridized carbons (Fsp3) is 0.455. The molecule has 0 spiro atoms. The number of carbonyl (C=O) groups is 5. The van der Waals surface area contributed by atoms with E-state index in [1.807, 2.05) is 12.1 Å². The van der Waals surface area contributed by atoms with Gasteiger partial charge in [-0.1, -0.05) is 0 Å². The second kappa shape index (κ2) is 11.9. The number of carbonyl (C=O) groups excluding carboxylic acids is 4. The Morgan fingerprint density at radius 3 is 2.30 bits per heavy atom. The average Bonchev–Trinajstić information content (AvgIpc) is 3.23. The Labute approximate surface area is 255 Å². The maximum Gasteiger partial charge on any atom is 0.335 e. The van der Waals surface area contributed by atoms with Gasteiger partial charge in [-0.25, -0.2) is 9.37 Å². The second-order valence-corrected chi connectivity index (χ2v) is 12.4. The number of anilines is 1. The first-order valence-corrected chi connectivity index (χ1v) is 15.3. The lowest BCUT2D eigenvalue weighted by Crippen LogP contribution is -2.54. The summed E-state index contributed by atoms with van der Waals surface area (Å²) in [4.78, 5) is 64.4. The van der Waals surface area contributed by atoms with Crippen LogP contribution in [-0.4, -0.2) is 87.7 Å². The monoisotopic (exact) mass is 601 g/mol. The number of nitrogens with one attached hydrogen (secondary N) is 1. The number of aromatic carboxylic acids is 1. The van der Waals surface area contributed by atoms with Crippen molar-refractivity contribution in [2.24, 2.45) is 5.92 Å². The third kappa shape index (κ3) is 5.70. The highest BCUT2D eigenvalue weighted by atomic mass is 16.5. The molecule has 3 aliphatic heterocycles. The number of imide groups is 2. The van der Waals surface area contributed by atoms with Crippen LogP contribution in [0.4, 0.5) is 5.69 Å². The number of hydrogen-bond acceptors (Lipinski definition) is 7. The van der Waals surface area contributed by atoms with Gasteiger partial charge in [-0.15, -0.1) is 0 Å². The molecular formula is C33H37N4O7+. The summed E-state index contributed by atoms with van der Waals surface area (Å²) in [5.74, 6) is -1.94. The summed E-state index contributed by atoms with van der Waals surface area (Å²) in [5, 5.41) is 11.4. The van der Waals surface area contributed by atoms with Crippen molar-refractivity contribution in [1.29, 1.82) is 0 Å². The third-order valence-electron chi connectivity index (χ3n) is 9.22. The molecule has 4 aliphatic rings. The summed E-state index contributed by atoms with van der Waals surface area (Å²) in [6.45, 7) is 7.27. The van der Waals surface area contributed by atoms with Crippen molar-refractivity contribution >= 4 is 41.0 Å². The Morgan fingerprint density at radius 2 is 1.66 bits per heavy atom. The number of amides is 4. The van der Waals surface area contributed by atoms with E-state index in [0.29, 0.717) is 23.3 Å². The topological polar surface area (TPSA) is 136 Å². The van der Waals surface area contributed by atoms with Crippen LogP contribution in [0.15, 0.2) is 42.5 Å². The van der Waals surface area contributed by atoms with E-state index in [9.17, 15) is 24.0 Å². The molecule has 2 saturated heterocycles. The van der Waals surface area contributed by atoms with Crippen LogP contribution >= 0.6 is 0 Å². The molecule has 0 aromatic heterocycles. The van der Waals surface area contributed by atoms with Gasteiger partial charge in [0.2, 0.25) is 11.8 Å². The minimum Gasteiger partial charge on any atom is -0.489 e. The molecule has 11 heteroatoms. The van der Waals surface area contributed by atoms with E-state index < -0.39 is 35.6 Å². The molecule has 1 aliphatic carbocycles. The zero-order valence-corrected chi connectivity index (χ0v) is 25.0. The van der Waals surface area contributed by atoms with Crippen LogP contribution < -0.4 is 15.0 Å². The molecule has 0 bridgehead atoms. The molecule has 2 N–H and O–H groups in total. The molecule has 2 aromatic rings. The molecule has 6 rings (SSSR count). The van der Waals surface area contributed by atoms with Crippen LogP contribution in [-0.2, 0) is 9.59 Å². The van der Waals surface area contributed by atoms with Gasteiger partial charge in [0.1, 0.15) is 30.5 Å². The summed E-state index contributed by atoms with van der Waals surface area (Å²) in [7, 11) is 0. The van der Waals surface area contributed by atoms with Gasteiger partial charge in [0.15, 0.2) is 5.71 Å². The number of rotatable bonds is 8. The minimum absolute atomic E-state index is 0.0293. The lowest BCUT2D eigenvalue weighted by atomic mass is 9.90. The van der Waals surface area contributed by atoms with E-state index in [1.165, 1.54) is 5.71 Å². The van der Waals surface area contributed by atoms with E-state index in [4.69, 9.17) is 9.84 Å². The lowest BCUT2D eigenvalue weighted by Gasteiger charge is -2.34. The van der Waals surface area contributed by atoms with Crippen LogP contribution in [0.1, 0.15) is 83.4 Å². The van der Waals surface area contributed by atoms with Gasteiger partial charge >= 0.3 is 5.97 Å². The number of nitrogens with zero attached hydrogens (tertiary/aromatic N) is 3. The van der Waals surface area contributed by atoms with Crippen LogP contribution in [0.25, 0.3) is 0 Å². The molecule has 4 amide bonds. The van der Waals surface area contributed by atoms with Crippen molar-refractivity contribution in [2.75, 3.05) is 24.5 Å². The van der Waals surface area contributed by atoms with E-state index in [0.717, 1.165) is 55.9 Å². The van der Waals surface area contributed by atoms with Crippen molar-refractivity contribution in [3.05, 3.63) is 59.2 Å². The fourth-order valence-corrected chi connectivity index (χ4v) is 6.67. The average molecular weight is 602 g/mol. The molecule has 1 atom stereocenters. The standard InChI is InChI=1S/C33H36N4O7/c1-19(2)36(18-20-11-13-35(14-12-20)22-5-3-21(4-6-22)33(42)43)23-15-25(16-23)44-24-7-8-26-27(17-24)32(41)37(31(26)40)28-9-10-29(38)34-30(28)39/h3-8,17,19-20,25,28H,9-16,18H2,1-2H3,(H-,34,38,39,42,43)/p+1. The molecule has 0 radical (unpaired) electrons. The van der Waals surface area contributed by atoms with Crippen LogP contribution in [0, 0.1) is 5.92 Å². The lowest BCUT2D eigenvalue weighted by molar-refractivity contribution is -0.569. The summed E-state index contributed by atoms with van der Waals surface area (Å²) < 4.78 is 8.71. The van der Waals surface area contributed by atoms with Crippen molar-refractivity contribution in [3.63, 3.8) is 0 Å². The molecule has 230 valence electrons. The molecule has 3 heterocycles. The summed E-state index contributed by atoms with van der Waals surface area (Å²) in [6.07, 6.45) is 3.88. The maximum absolute atomic E-state index is 13.1. The van der Waals surface area contributed by atoms with Crippen molar-refractivity contribution in [2.45, 2.75) is 70.6 Å². The number of piperidine rings is 2. The SMILES string of the molecule is CC(C)[N+](CC1CCN(c2ccc(C(=O)O)cc2)CC1)=C1CC(Oc2ccc3c(c2)C(=O)N(C2CCC(=O)NC2=O)C3=O)C1. The van der Waals surface area contributed by atoms with Crippen molar-refractivity contribution < 1.29 is 38.4 Å². The highest BCUT2D eigenvalue weighted by Crippen LogP contribution is 2.33. The summed E-state index contributed by atoms with van der Waals surface area (Å²) in [6, 6.07) is 11.3. The summed E-state index contributed by atoms with van der Waals surface area (Å²) >= 11 is 0. The quantitative estimate of drug-likeness (QED) is 0.348. The third-order valence-corrected chi connectivity index (χ3v) is 9.22. The first-order valence-electron chi connectivity index (χ1n) is 15.3. The first-order chi connectivity index (χ1) is 21.1. The van der Waals surface area contributed by atoms with E-state index >= 15 is 0 Å². The Morgan fingerprint density at radius 1 is 0.977 bits per heavy atom. The zero-order chi connectivity index (χ0) is 31.1. The number of hydrogen-bond donors (Lipinski definition) is 2. The zero-order valence-electron chi connectivity index (χ0n) is 25.0. The normalized spacial score (nSPS) is 22.2. The molecule has 44 heavy (non-hydrogen) atoms. The predicted molar refractivity (Wildman–Crippen MR) is 160 cm³/mol. The number of fused-ring (bicyclic) bond motifs is 1. The Hall–Kier alpha value is -4.54. The van der Waals surface area contributed by atoms with Crippen LogP contribution in [0.3, 0.4) is 0 Å². The molecule has 2 aromatic carbocycles. The molecule has 1 unspecified atom stereocenters. The minimum atomic E-state index is -0.993. The number of carboxylic acid groups (broad SMARTS) is 1. The second-order valence-electron chi connectivity index (χ2n) is 12.4. The van der Waals surface area contributed by atoms with E-state index in [-0.39, 0.29) is 30.1 Å². The van der Waals surface area contributed by atoms with Gasteiger partial charge in [-0.2, -0.15) is 0 Å². The largest absolute Gasteiger partial charge is 0.489 e. The predicted octanol–water partition coefficient (Wildman–Crippen LogP) is 3.11. The van der Waals surface area contributed by atoms with Gasteiger partial charge in [-0.3, -0.25) is 29.4 Å². The maximum atomic E-state index is 13.1. The van der Waals surface area contributed by atoms with Crippen LogP contribution in [0.5, 0.6) is 5.75 Å².